The molecule has 1 aromatic carbocycles. The number of nitrogens with zero attached hydrogens (tertiary/aromatic N) is 1. The highest BCUT2D eigenvalue weighted by atomic mass is 19.1. The molecule has 0 radical (unpaired) electrons. The zero-order valence-corrected chi connectivity index (χ0v) is 9.40. The molecule has 1 aliphatic rings. The van der Waals surface area contributed by atoms with Crippen molar-refractivity contribution in [1.82, 2.24) is 5.32 Å². The Morgan fingerprint density at radius 2 is 2.35 bits per heavy atom. The van der Waals surface area contributed by atoms with E-state index in [1.165, 1.54) is 17.0 Å². The van der Waals surface area contributed by atoms with Gasteiger partial charge in [0.1, 0.15) is 11.9 Å². The highest BCUT2D eigenvalue weighted by Gasteiger charge is 2.26. The molecule has 1 saturated heterocycles. The van der Waals surface area contributed by atoms with E-state index in [2.05, 4.69) is 5.32 Å². The van der Waals surface area contributed by atoms with E-state index in [9.17, 15) is 9.18 Å². The first-order valence-corrected chi connectivity index (χ1v) is 5.63. The molecular formula is C12H15FN2O2. The van der Waals surface area contributed by atoms with E-state index in [-0.39, 0.29) is 18.3 Å². The third-order valence-electron chi connectivity index (χ3n) is 2.82. The number of rotatable bonds is 2. The van der Waals surface area contributed by atoms with Gasteiger partial charge in [-0.05, 0) is 31.2 Å². The molecule has 0 aromatic heterocycles. The fourth-order valence-electron chi connectivity index (χ4n) is 1.94. The summed E-state index contributed by atoms with van der Waals surface area (Å²) < 4.78 is 13.1. The molecule has 4 nitrogen and oxygen atoms in total. The second-order valence-electron chi connectivity index (χ2n) is 4.01. The minimum atomic E-state index is -0.597. The summed E-state index contributed by atoms with van der Waals surface area (Å²) in [5.74, 6) is -0.580. The van der Waals surface area contributed by atoms with E-state index >= 15 is 0 Å². The van der Waals surface area contributed by atoms with Crippen LogP contribution >= 0.6 is 0 Å². The van der Waals surface area contributed by atoms with Crippen molar-refractivity contribution in [3.63, 3.8) is 0 Å². The zero-order valence-electron chi connectivity index (χ0n) is 9.40. The summed E-state index contributed by atoms with van der Waals surface area (Å²) in [7, 11) is 0. The number of hydrogen-bond donors (Lipinski definition) is 2. The number of carbonyl (C=O) groups is 1. The maximum Gasteiger partial charge on any atom is 0.246 e. The molecule has 0 saturated carbocycles. The van der Waals surface area contributed by atoms with Crippen molar-refractivity contribution in [3.05, 3.63) is 30.1 Å². The molecule has 1 amide bonds. The number of aliphatic hydroxyl groups is 1. The Morgan fingerprint density at radius 3 is 3.06 bits per heavy atom. The number of anilines is 1. The van der Waals surface area contributed by atoms with E-state index in [1.54, 1.807) is 12.1 Å². The van der Waals surface area contributed by atoms with Crippen molar-refractivity contribution in [1.29, 1.82) is 0 Å². The first kappa shape index (κ1) is 12.0. The van der Waals surface area contributed by atoms with Gasteiger partial charge in [0.15, 0.2) is 0 Å². The monoisotopic (exact) mass is 238 g/mol. The van der Waals surface area contributed by atoms with Gasteiger partial charge >= 0.3 is 0 Å². The van der Waals surface area contributed by atoms with Crippen LogP contribution in [0.1, 0.15) is 6.42 Å². The van der Waals surface area contributed by atoms with Gasteiger partial charge in [0, 0.05) is 12.2 Å². The summed E-state index contributed by atoms with van der Waals surface area (Å²) in [5, 5.41) is 12.1. The van der Waals surface area contributed by atoms with Gasteiger partial charge < -0.3 is 15.3 Å². The lowest BCUT2D eigenvalue weighted by atomic mass is 10.2. The van der Waals surface area contributed by atoms with Crippen LogP contribution in [0.4, 0.5) is 10.1 Å². The third kappa shape index (κ3) is 2.62. The quantitative estimate of drug-likeness (QED) is 0.789. The molecule has 17 heavy (non-hydrogen) atoms. The maximum atomic E-state index is 13.1. The summed E-state index contributed by atoms with van der Waals surface area (Å²) in [4.78, 5) is 13.6. The lowest BCUT2D eigenvalue weighted by molar-refractivity contribution is -0.121. The molecule has 1 unspecified atom stereocenters. The fraction of sp³-hybridized carbons (Fsp3) is 0.417. The van der Waals surface area contributed by atoms with Crippen LogP contribution in [0.15, 0.2) is 24.3 Å². The van der Waals surface area contributed by atoms with E-state index in [0.29, 0.717) is 18.8 Å². The molecule has 1 heterocycles. The number of hydrogen-bond acceptors (Lipinski definition) is 3. The molecule has 2 rings (SSSR count). The molecule has 1 atom stereocenters. The third-order valence-corrected chi connectivity index (χ3v) is 2.82. The van der Waals surface area contributed by atoms with Crippen LogP contribution in [0.2, 0.25) is 0 Å². The van der Waals surface area contributed by atoms with Crippen LogP contribution in [0, 0.1) is 5.82 Å². The molecule has 0 bridgehead atoms. The summed E-state index contributed by atoms with van der Waals surface area (Å²) in [5.41, 5.74) is 0.539. The second kappa shape index (κ2) is 5.25. The van der Waals surface area contributed by atoms with Crippen LogP contribution in [-0.4, -0.2) is 36.8 Å². The maximum absolute atomic E-state index is 13.1. The lowest BCUT2D eigenvalue weighted by Gasteiger charge is -2.23. The smallest absolute Gasteiger partial charge is 0.246 e. The van der Waals surface area contributed by atoms with Gasteiger partial charge in [-0.1, -0.05) is 6.07 Å². The summed E-state index contributed by atoms with van der Waals surface area (Å²) >= 11 is 0. The summed E-state index contributed by atoms with van der Waals surface area (Å²) in [6.07, 6.45) is 0.777. The predicted molar refractivity (Wildman–Crippen MR) is 62.2 cm³/mol. The van der Waals surface area contributed by atoms with Crippen LogP contribution in [0.25, 0.3) is 0 Å². The topological polar surface area (TPSA) is 52.6 Å². The normalized spacial score (nSPS) is 21.4. The van der Waals surface area contributed by atoms with Crippen LogP contribution in [0.5, 0.6) is 0 Å². The van der Waals surface area contributed by atoms with Crippen LogP contribution in [0.3, 0.4) is 0 Å². The van der Waals surface area contributed by atoms with Crippen molar-refractivity contribution in [2.75, 3.05) is 24.6 Å². The Morgan fingerprint density at radius 1 is 1.53 bits per heavy atom. The number of nitrogens with one attached hydrogen (secondary N) is 1. The Bertz CT molecular complexity index is 411. The van der Waals surface area contributed by atoms with Crippen molar-refractivity contribution in [3.8, 4) is 0 Å². The lowest BCUT2D eigenvalue weighted by Crippen LogP contribution is -2.46. The molecule has 1 aliphatic heterocycles. The Labute approximate surface area is 99.0 Å². The average molecular weight is 238 g/mol. The minimum Gasteiger partial charge on any atom is -0.394 e. The second-order valence-corrected chi connectivity index (χ2v) is 4.01. The highest BCUT2D eigenvalue weighted by molar-refractivity contribution is 5.97. The number of carbonyl (C=O) groups excluding carboxylic acids is 1. The van der Waals surface area contributed by atoms with Gasteiger partial charge in [0.2, 0.25) is 5.91 Å². The Balaban J connectivity index is 2.26. The first-order valence-electron chi connectivity index (χ1n) is 5.63. The van der Waals surface area contributed by atoms with Gasteiger partial charge in [-0.25, -0.2) is 4.39 Å². The van der Waals surface area contributed by atoms with Crippen molar-refractivity contribution in [2.24, 2.45) is 0 Å². The SMILES string of the molecule is O=C1C(CO)NCCCN1c1cccc(F)c1. The molecular weight excluding hydrogens is 223 g/mol. The Kier molecular flexibility index (Phi) is 3.71. The molecule has 1 fully saturated rings. The number of halogens is 1. The summed E-state index contributed by atoms with van der Waals surface area (Å²) in [6, 6.07) is 5.34. The van der Waals surface area contributed by atoms with Gasteiger partial charge in [-0.15, -0.1) is 0 Å². The van der Waals surface area contributed by atoms with Gasteiger partial charge in [-0.2, -0.15) is 0 Å². The predicted octanol–water partition coefficient (Wildman–Crippen LogP) is 0.513. The molecule has 2 N–H and O–H groups in total. The first-order chi connectivity index (χ1) is 8.22. The van der Waals surface area contributed by atoms with Crippen LogP contribution in [-0.2, 0) is 4.79 Å². The Hall–Kier alpha value is -1.46. The molecule has 0 aliphatic carbocycles. The van der Waals surface area contributed by atoms with E-state index in [1.807, 2.05) is 0 Å². The van der Waals surface area contributed by atoms with Crippen LogP contribution < -0.4 is 10.2 Å². The standard InChI is InChI=1S/C12H15FN2O2/c13-9-3-1-4-10(7-9)15-6-2-5-14-11(8-16)12(15)17/h1,3-4,7,11,14,16H,2,5-6,8H2. The molecule has 1 aromatic rings. The van der Waals surface area contributed by atoms with E-state index in [0.717, 1.165) is 6.42 Å². The molecule has 5 heteroatoms. The highest BCUT2D eigenvalue weighted by Crippen LogP contribution is 2.18. The van der Waals surface area contributed by atoms with Gasteiger partial charge in [-0.3, -0.25) is 4.79 Å². The van der Waals surface area contributed by atoms with Gasteiger partial charge in [0.05, 0.1) is 6.61 Å². The average Bonchev–Trinajstić information content (AvgIpc) is 2.51. The summed E-state index contributed by atoms with van der Waals surface area (Å²) in [6.45, 7) is 0.958. The minimum absolute atomic E-state index is 0.212. The molecule has 0 spiro atoms. The van der Waals surface area contributed by atoms with Crippen molar-refractivity contribution >= 4 is 11.6 Å². The van der Waals surface area contributed by atoms with Crippen molar-refractivity contribution < 1.29 is 14.3 Å². The van der Waals surface area contributed by atoms with E-state index in [4.69, 9.17) is 5.11 Å². The molecule has 92 valence electrons. The van der Waals surface area contributed by atoms with E-state index < -0.39 is 6.04 Å². The largest absolute Gasteiger partial charge is 0.394 e. The van der Waals surface area contributed by atoms with Crippen molar-refractivity contribution in [2.45, 2.75) is 12.5 Å². The fourth-order valence-corrected chi connectivity index (χ4v) is 1.94. The van der Waals surface area contributed by atoms with Gasteiger partial charge in [0.25, 0.3) is 0 Å². The number of benzene rings is 1. The number of aliphatic hydroxyl groups excluding tert-OH is 1. The number of amides is 1. The zero-order chi connectivity index (χ0) is 12.3.